The Morgan fingerprint density at radius 2 is 1.54 bits per heavy atom. The summed E-state index contributed by atoms with van der Waals surface area (Å²) in [4.78, 5) is 106. The minimum absolute atomic E-state index is 0.0741. The van der Waals surface area contributed by atoms with Crippen molar-refractivity contribution in [3.63, 3.8) is 0 Å². The number of nitrogens with one attached hydrogen (secondary N) is 2. The first-order valence-electron chi connectivity index (χ1n) is 23.2. The van der Waals surface area contributed by atoms with Gasteiger partial charge in [0.15, 0.2) is 0 Å². The molecule has 67 heavy (non-hydrogen) atoms. The van der Waals surface area contributed by atoms with Crippen LogP contribution in [0.1, 0.15) is 145 Å². The molecular weight excluding hydrogens is 872 g/mol. The Labute approximate surface area is 386 Å². The zero-order valence-electron chi connectivity index (χ0n) is 37.8. The Morgan fingerprint density at radius 1 is 0.866 bits per heavy atom. The van der Waals surface area contributed by atoms with E-state index in [0.717, 1.165) is 80.7 Å². The number of piperidine rings is 1. The molecule has 2 saturated heterocycles. The second-order valence-corrected chi connectivity index (χ2v) is 18.1. The number of anilines is 1. The molecule has 1 spiro atoms. The molecule has 0 bridgehead atoms. The van der Waals surface area contributed by atoms with Gasteiger partial charge in [-0.25, -0.2) is 9.69 Å². The third-order valence-electron chi connectivity index (χ3n) is 13.3. The number of hydrogen-bond acceptors (Lipinski definition) is 9. The monoisotopic (exact) mass is 927 g/mol. The van der Waals surface area contributed by atoms with Crippen molar-refractivity contribution in [1.82, 2.24) is 20.0 Å². The van der Waals surface area contributed by atoms with Gasteiger partial charge in [0.2, 0.25) is 29.2 Å². The minimum Gasteiger partial charge on any atom is -0.427 e. The van der Waals surface area contributed by atoms with Gasteiger partial charge in [0.1, 0.15) is 18.6 Å². The van der Waals surface area contributed by atoms with Crippen LogP contribution in [0.5, 0.6) is 0 Å². The quantitative estimate of drug-likeness (QED) is 0.0840. The van der Waals surface area contributed by atoms with Crippen LogP contribution in [0.3, 0.4) is 0 Å². The lowest BCUT2D eigenvalue weighted by Gasteiger charge is -2.31. The maximum absolute atomic E-state index is 13.9. The molecule has 14 nitrogen and oxygen atoms in total. The lowest BCUT2D eigenvalue weighted by molar-refractivity contribution is -0.187. The molecule has 1 unspecified atom stereocenters. The average Bonchev–Trinajstić information content (AvgIpc) is 3.86. The lowest BCUT2D eigenvalue weighted by Crippen LogP contribution is -2.54. The molecule has 8 amide bonds. The van der Waals surface area contributed by atoms with Crippen molar-refractivity contribution in [1.29, 1.82) is 0 Å². The maximum atomic E-state index is 13.9. The Kier molecular flexibility index (Phi) is 15.0. The van der Waals surface area contributed by atoms with Crippen LogP contribution in [0.2, 0.25) is 0 Å². The Bertz CT molecular complexity index is 2440. The van der Waals surface area contributed by atoms with Gasteiger partial charge in [0.05, 0.1) is 11.1 Å². The number of carbonyl (C=O) groups is 8. The zero-order chi connectivity index (χ0) is 48.0. The zero-order valence-corrected chi connectivity index (χ0v) is 37.8. The number of rotatable bonds is 20. The molecule has 3 atom stereocenters. The van der Waals surface area contributed by atoms with E-state index in [1.54, 1.807) is 54.6 Å². The number of alkyl halides is 3. The summed E-state index contributed by atoms with van der Waals surface area (Å²) in [5.74, 6) is -4.04. The number of benzene rings is 3. The van der Waals surface area contributed by atoms with Gasteiger partial charge in [-0.1, -0.05) is 99.4 Å². The summed E-state index contributed by atoms with van der Waals surface area (Å²) in [6, 6.07) is 13.7. The van der Waals surface area contributed by atoms with Crippen LogP contribution in [-0.2, 0) is 53.7 Å². The van der Waals surface area contributed by atoms with Crippen molar-refractivity contribution in [2.75, 3.05) is 11.9 Å². The molecule has 3 aromatic rings. The molecule has 17 heteroatoms. The second kappa shape index (κ2) is 20.6. The summed E-state index contributed by atoms with van der Waals surface area (Å²) >= 11 is 0. The third-order valence-corrected chi connectivity index (χ3v) is 13.3. The van der Waals surface area contributed by atoms with Crippen molar-refractivity contribution >= 4 is 53.1 Å². The number of aryl methyl sites for hydroxylation is 3. The van der Waals surface area contributed by atoms with E-state index < -0.39 is 71.9 Å². The number of nitrogens with zero attached hydrogens (tertiary/aromatic N) is 3. The van der Waals surface area contributed by atoms with E-state index in [1.807, 2.05) is 13.0 Å². The van der Waals surface area contributed by atoms with E-state index in [1.165, 1.54) is 0 Å². The van der Waals surface area contributed by atoms with Gasteiger partial charge in [-0.3, -0.25) is 43.8 Å². The fourth-order valence-electron chi connectivity index (χ4n) is 9.50. The molecule has 3 aromatic carbocycles. The lowest BCUT2D eigenvalue weighted by atomic mass is 9.94. The Balaban J connectivity index is 0.786. The number of ether oxygens (including phenoxy) is 1. The molecule has 3 heterocycles. The van der Waals surface area contributed by atoms with Gasteiger partial charge in [-0.2, -0.15) is 13.2 Å². The van der Waals surface area contributed by atoms with Gasteiger partial charge in [-0.05, 0) is 80.8 Å². The standard InChI is InChI=1S/C50H56F3N5O9/c1-31-18-20-33(21-19-31)29-56(32(2)50(51,52)53)42(61)30-57-47(65)49(67-48(57)66)27-26-35-28-36(22-23-38(35)49)54-40(59)17-12-10-8-6-4-3-5-7-9-11-14-34-15-13-16-37-43(34)46(64)58(45(37)63)39-24-25-41(60)55-44(39)62/h13,15-16,18-23,28,32,39H,3-12,14,17,24-27,29-30H2,1-2H3,(H,54,59)(H,55,60,62)/t32-,39?,49+/m0/s1. The predicted octanol–water partition coefficient (Wildman–Crippen LogP) is 7.97. The van der Waals surface area contributed by atoms with Gasteiger partial charge in [0, 0.05) is 37.1 Å². The summed E-state index contributed by atoms with van der Waals surface area (Å²) in [6.45, 7) is 1.39. The number of imide groups is 3. The fourth-order valence-corrected chi connectivity index (χ4v) is 9.50. The first-order valence-corrected chi connectivity index (χ1v) is 23.2. The summed E-state index contributed by atoms with van der Waals surface area (Å²) in [5.41, 5.74) is 2.69. The molecule has 0 aromatic heterocycles. The molecule has 4 aliphatic rings. The molecule has 0 saturated carbocycles. The highest BCUT2D eigenvalue weighted by atomic mass is 19.4. The molecule has 3 aliphatic heterocycles. The fraction of sp³-hybridized carbons (Fsp3) is 0.480. The number of amides is 8. The average molecular weight is 928 g/mol. The normalized spacial score (nSPS) is 19.4. The van der Waals surface area contributed by atoms with E-state index in [9.17, 15) is 51.5 Å². The summed E-state index contributed by atoms with van der Waals surface area (Å²) in [5, 5.41) is 5.13. The van der Waals surface area contributed by atoms with E-state index in [4.69, 9.17) is 4.74 Å². The largest absolute Gasteiger partial charge is 0.427 e. The number of fused-ring (bicyclic) bond motifs is 3. The Hall–Kier alpha value is -6.39. The first kappa shape index (κ1) is 48.5. The van der Waals surface area contributed by atoms with Crippen molar-refractivity contribution in [3.8, 4) is 0 Å². The summed E-state index contributed by atoms with van der Waals surface area (Å²) in [6.07, 6.45) is 5.49. The smallest absolute Gasteiger partial charge is 0.418 e. The molecule has 2 fully saturated rings. The van der Waals surface area contributed by atoms with E-state index in [0.29, 0.717) is 69.0 Å². The van der Waals surface area contributed by atoms with Gasteiger partial charge < -0.3 is 15.0 Å². The molecule has 7 rings (SSSR count). The van der Waals surface area contributed by atoms with Crippen molar-refractivity contribution in [3.05, 3.63) is 99.6 Å². The van der Waals surface area contributed by atoms with E-state index in [2.05, 4.69) is 10.6 Å². The maximum Gasteiger partial charge on any atom is 0.418 e. The van der Waals surface area contributed by atoms with Crippen LogP contribution in [0.25, 0.3) is 0 Å². The van der Waals surface area contributed by atoms with E-state index >= 15 is 0 Å². The van der Waals surface area contributed by atoms with Crippen LogP contribution in [0.4, 0.5) is 23.7 Å². The van der Waals surface area contributed by atoms with E-state index in [-0.39, 0.29) is 31.7 Å². The number of unbranched alkanes of at least 4 members (excludes halogenated alkanes) is 9. The number of halogens is 3. The molecule has 1 aliphatic carbocycles. The highest BCUT2D eigenvalue weighted by Gasteiger charge is 2.59. The SMILES string of the molecule is Cc1ccc(CN(C(=O)CN2C(=O)O[C@@]3(CCc4cc(NC(=O)CCCCCCCCCCCCc5cccc6c5C(=O)N(C5CCC(=O)NC5=O)C6=O)ccc43)C2=O)[C@@H](C)C(F)(F)F)cc1. The molecule has 2 N–H and O–H groups in total. The van der Waals surface area contributed by atoms with Crippen LogP contribution < -0.4 is 10.6 Å². The van der Waals surface area contributed by atoms with Crippen LogP contribution in [0.15, 0.2) is 60.7 Å². The highest BCUT2D eigenvalue weighted by Crippen LogP contribution is 2.46. The molecule has 0 radical (unpaired) electrons. The first-order chi connectivity index (χ1) is 32.0. The van der Waals surface area contributed by atoms with Crippen molar-refractivity contribution in [2.24, 2.45) is 0 Å². The topological polar surface area (TPSA) is 180 Å². The molecule has 356 valence electrons. The summed E-state index contributed by atoms with van der Waals surface area (Å²) in [7, 11) is 0. The minimum atomic E-state index is -4.75. The van der Waals surface area contributed by atoms with Crippen LogP contribution in [-0.4, -0.2) is 86.9 Å². The van der Waals surface area contributed by atoms with Crippen LogP contribution >= 0.6 is 0 Å². The molecular formula is C50H56F3N5O9. The van der Waals surface area contributed by atoms with Gasteiger partial charge in [-0.15, -0.1) is 0 Å². The van der Waals surface area contributed by atoms with Crippen molar-refractivity contribution < 1.29 is 56.3 Å². The predicted molar refractivity (Wildman–Crippen MR) is 238 cm³/mol. The highest BCUT2D eigenvalue weighted by molar-refractivity contribution is 6.24. The summed E-state index contributed by atoms with van der Waals surface area (Å²) < 4.78 is 47.3. The van der Waals surface area contributed by atoms with Gasteiger partial charge >= 0.3 is 12.3 Å². The van der Waals surface area contributed by atoms with Crippen LogP contribution in [0, 0.1) is 6.92 Å². The third kappa shape index (κ3) is 10.8. The van der Waals surface area contributed by atoms with Gasteiger partial charge in [0.25, 0.3) is 17.7 Å². The number of hydrogen-bond donors (Lipinski definition) is 2. The number of carbonyl (C=O) groups excluding carboxylic acids is 8. The van der Waals surface area contributed by atoms with Crippen molar-refractivity contribution in [2.45, 2.75) is 147 Å². The Morgan fingerprint density at radius 3 is 2.21 bits per heavy atom. The second-order valence-electron chi connectivity index (χ2n) is 18.1.